The first-order valence-electron chi connectivity index (χ1n) is 11.6. The van der Waals surface area contributed by atoms with Crippen molar-refractivity contribution in [1.29, 1.82) is 0 Å². The number of aliphatic carboxylic acids is 1. The maximum atomic E-state index is 12.6. The minimum Gasteiger partial charge on any atom is -0.480 e. The Kier molecular flexibility index (Phi) is 7.59. The molecule has 1 aliphatic rings. The number of benzene rings is 2. The van der Waals surface area contributed by atoms with Gasteiger partial charge in [0, 0.05) is 21.7 Å². The summed E-state index contributed by atoms with van der Waals surface area (Å²) in [6.07, 6.45) is 1.12. The molecule has 3 aromatic rings. The number of carbonyl (C=O) groups is 3. The molecule has 2 amide bonds. The van der Waals surface area contributed by atoms with Gasteiger partial charge in [0.05, 0.1) is 0 Å². The van der Waals surface area contributed by atoms with Gasteiger partial charge in [-0.3, -0.25) is 10.1 Å². The minimum atomic E-state index is -1.05. The molecular weight excluding hydrogens is 486 g/mol. The molecule has 3 N–H and O–H groups in total. The summed E-state index contributed by atoms with van der Waals surface area (Å²) >= 11 is 6.18. The largest absolute Gasteiger partial charge is 0.480 e. The molecule has 4 rings (SSSR count). The summed E-state index contributed by atoms with van der Waals surface area (Å²) in [7, 11) is 0. The van der Waals surface area contributed by atoms with Crippen LogP contribution in [0.3, 0.4) is 0 Å². The number of hydrogen-bond donors (Lipinski definition) is 3. The molecule has 0 bridgehead atoms. The van der Waals surface area contributed by atoms with Gasteiger partial charge in [0.25, 0.3) is 5.91 Å². The first-order valence-corrected chi connectivity index (χ1v) is 11.9. The van der Waals surface area contributed by atoms with Gasteiger partial charge in [-0.05, 0) is 44.4 Å². The number of ether oxygens (including phenoxy) is 1. The fraction of sp³-hybridized carbons (Fsp3) is 0.308. The summed E-state index contributed by atoms with van der Waals surface area (Å²) in [6.45, 7) is 3.39. The molecule has 1 fully saturated rings. The zero-order valence-corrected chi connectivity index (χ0v) is 20.5. The maximum absolute atomic E-state index is 12.6. The van der Waals surface area contributed by atoms with E-state index >= 15 is 0 Å². The van der Waals surface area contributed by atoms with Crippen molar-refractivity contribution in [1.82, 2.24) is 10.5 Å². The van der Waals surface area contributed by atoms with Crippen molar-refractivity contribution in [2.45, 2.75) is 45.3 Å². The van der Waals surface area contributed by atoms with Gasteiger partial charge in [-0.15, -0.1) is 0 Å². The number of carbonyl (C=O) groups excluding carboxylic acids is 2. The third-order valence-electron chi connectivity index (χ3n) is 6.00. The van der Waals surface area contributed by atoms with E-state index in [1.165, 1.54) is 0 Å². The molecule has 36 heavy (non-hydrogen) atoms. The smallest absolute Gasteiger partial charge is 0.412 e. The number of carboxylic acids is 1. The van der Waals surface area contributed by atoms with Crippen LogP contribution in [0.2, 0.25) is 5.02 Å². The monoisotopic (exact) mass is 511 g/mol. The topological polar surface area (TPSA) is 131 Å². The van der Waals surface area contributed by atoms with Crippen LogP contribution >= 0.6 is 11.6 Å². The number of anilines is 1. The molecule has 10 heteroatoms. The van der Waals surface area contributed by atoms with Crippen LogP contribution in [0.25, 0.3) is 11.3 Å². The predicted octanol–water partition coefficient (Wildman–Crippen LogP) is 5.60. The van der Waals surface area contributed by atoms with Crippen LogP contribution in [0.5, 0.6) is 0 Å². The van der Waals surface area contributed by atoms with Crippen LogP contribution < -0.4 is 10.6 Å². The number of amides is 2. The van der Waals surface area contributed by atoms with Crippen LogP contribution in [-0.4, -0.2) is 34.3 Å². The Bertz CT molecular complexity index is 1270. The lowest BCUT2D eigenvalue weighted by Gasteiger charge is -2.15. The van der Waals surface area contributed by atoms with E-state index in [9.17, 15) is 19.5 Å². The average molecular weight is 512 g/mol. The molecule has 0 radical (unpaired) electrons. The summed E-state index contributed by atoms with van der Waals surface area (Å²) in [5.41, 5.74) is 2.32. The standard InChI is InChI=1S/C26H26ClN3O6/c1-14-22(29-26(34)35-15(2)19-5-3-4-6-20(19)27)23(36-30-14)17-9-11-18(12-10-17)24(31)28-21(25(32)33)13-16-7-8-16/h3-6,9-12,15-16,21H,7-8,13H2,1-2H3,(H,28,31)(H,29,34)(H,32,33)/t15?,21-/m1/s1. The van der Waals surface area contributed by atoms with Gasteiger partial charge >= 0.3 is 12.1 Å². The number of nitrogens with zero attached hydrogens (tertiary/aromatic N) is 1. The van der Waals surface area contributed by atoms with Crippen molar-refractivity contribution in [2.75, 3.05) is 5.32 Å². The quantitative estimate of drug-likeness (QED) is 0.341. The molecule has 1 aromatic heterocycles. The Labute approximate surface area is 212 Å². The number of rotatable bonds is 9. The fourth-order valence-corrected chi connectivity index (χ4v) is 4.09. The van der Waals surface area contributed by atoms with E-state index in [0.29, 0.717) is 51.2 Å². The number of halogens is 1. The van der Waals surface area contributed by atoms with Gasteiger partial charge in [-0.1, -0.05) is 59.9 Å². The normalized spacial score (nSPS) is 14.5. The van der Waals surface area contributed by atoms with E-state index in [1.54, 1.807) is 62.4 Å². The van der Waals surface area contributed by atoms with Gasteiger partial charge in [-0.25, -0.2) is 9.59 Å². The van der Waals surface area contributed by atoms with Crippen molar-refractivity contribution < 1.29 is 28.8 Å². The van der Waals surface area contributed by atoms with Crippen molar-refractivity contribution >= 4 is 35.3 Å². The molecule has 2 aromatic carbocycles. The summed E-state index contributed by atoms with van der Waals surface area (Å²) in [6, 6.07) is 12.5. The zero-order valence-electron chi connectivity index (χ0n) is 19.8. The fourth-order valence-electron chi connectivity index (χ4n) is 3.80. The SMILES string of the molecule is Cc1noc(-c2ccc(C(=O)N[C@H](CC3CC3)C(=O)O)cc2)c1NC(=O)OC(C)c1ccccc1Cl. The van der Waals surface area contributed by atoms with Crippen LogP contribution in [0, 0.1) is 12.8 Å². The maximum Gasteiger partial charge on any atom is 0.412 e. The minimum absolute atomic E-state index is 0.291. The first-order chi connectivity index (χ1) is 17.2. The Balaban J connectivity index is 1.43. The molecule has 1 saturated carbocycles. The molecule has 0 saturated heterocycles. The van der Waals surface area contributed by atoms with E-state index < -0.39 is 30.1 Å². The zero-order chi connectivity index (χ0) is 25.8. The number of aromatic nitrogens is 1. The van der Waals surface area contributed by atoms with Crippen molar-refractivity contribution in [3.63, 3.8) is 0 Å². The molecular formula is C26H26ClN3O6. The van der Waals surface area contributed by atoms with Crippen LogP contribution in [-0.2, 0) is 9.53 Å². The lowest BCUT2D eigenvalue weighted by atomic mass is 10.1. The highest BCUT2D eigenvalue weighted by Crippen LogP contribution is 2.34. The van der Waals surface area contributed by atoms with E-state index in [1.807, 2.05) is 0 Å². The third kappa shape index (κ3) is 6.04. The summed E-state index contributed by atoms with van der Waals surface area (Å²) < 4.78 is 10.9. The molecule has 1 heterocycles. The highest BCUT2D eigenvalue weighted by molar-refractivity contribution is 6.31. The number of carboxylic acid groups (broad SMARTS) is 1. The second-order valence-corrected chi connectivity index (χ2v) is 9.19. The second-order valence-electron chi connectivity index (χ2n) is 8.79. The van der Waals surface area contributed by atoms with Crippen molar-refractivity contribution in [3.05, 3.63) is 70.4 Å². The highest BCUT2D eigenvalue weighted by Gasteiger charge is 2.30. The molecule has 0 spiro atoms. The van der Waals surface area contributed by atoms with E-state index in [-0.39, 0.29) is 0 Å². The van der Waals surface area contributed by atoms with E-state index in [2.05, 4.69) is 15.8 Å². The molecule has 9 nitrogen and oxygen atoms in total. The van der Waals surface area contributed by atoms with Gasteiger partial charge < -0.3 is 19.7 Å². The predicted molar refractivity (Wildman–Crippen MR) is 133 cm³/mol. The Morgan fingerprint density at radius 2 is 1.86 bits per heavy atom. The van der Waals surface area contributed by atoms with Gasteiger partial charge in [0.1, 0.15) is 23.5 Å². The summed E-state index contributed by atoms with van der Waals surface area (Å²) in [4.78, 5) is 36.6. The van der Waals surface area contributed by atoms with Gasteiger partial charge in [-0.2, -0.15) is 0 Å². The lowest BCUT2D eigenvalue weighted by molar-refractivity contribution is -0.139. The number of aryl methyl sites for hydroxylation is 1. The van der Waals surface area contributed by atoms with Crippen LogP contribution in [0.4, 0.5) is 10.5 Å². The molecule has 1 aliphatic carbocycles. The number of hydrogen-bond acceptors (Lipinski definition) is 6. The number of nitrogens with one attached hydrogen (secondary N) is 2. The Morgan fingerprint density at radius 1 is 1.17 bits per heavy atom. The van der Waals surface area contributed by atoms with E-state index in [0.717, 1.165) is 12.8 Å². The van der Waals surface area contributed by atoms with Crippen molar-refractivity contribution in [2.24, 2.45) is 5.92 Å². The first kappa shape index (κ1) is 25.2. The molecule has 2 atom stereocenters. The highest BCUT2D eigenvalue weighted by atomic mass is 35.5. The molecule has 188 valence electrons. The Hall–Kier alpha value is -3.85. The summed E-state index contributed by atoms with van der Waals surface area (Å²) in [5, 5.41) is 19.1. The van der Waals surface area contributed by atoms with Crippen molar-refractivity contribution in [3.8, 4) is 11.3 Å². The summed E-state index contributed by atoms with van der Waals surface area (Å²) in [5.74, 6) is -0.873. The lowest BCUT2D eigenvalue weighted by Crippen LogP contribution is -2.41. The van der Waals surface area contributed by atoms with Gasteiger partial charge in [0.2, 0.25) is 0 Å². The third-order valence-corrected chi connectivity index (χ3v) is 6.34. The van der Waals surface area contributed by atoms with Crippen LogP contribution in [0.15, 0.2) is 53.1 Å². The van der Waals surface area contributed by atoms with Gasteiger partial charge in [0.15, 0.2) is 5.76 Å². The molecule has 1 unspecified atom stereocenters. The van der Waals surface area contributed by atoms with E-state index in [4.69, 9.17) is 20.9 Å². The molecule has 0 aliphatic heterocycles. The second kappa shape index (κ2) is 10.8. The Morgan fingerprint density at radius 3 is 2.50 bits per heavy atom. The van der Waals surface area contributed by atoms with Crippen LogP contribution in [0.1, 0.15) is 53.9 Å². The average Bonchev–Trinajstić information content (AvgIpc) is 3.60.